The van der Waals surface area contributed by atoms with Crippen molar-refractivity contribution in [3.63, 3.8) is 0 Å². The molecule has 0 saturated carbocycles. The number of anilines is 1. The molecule has 0 heterocycles. The number of rotatable bonds is 3. The third-order valence-corrected chi connectivity index (χ3v) is 2.21. The largest absolute Gasteiger partial charge is 0.371 e. The van der Waals surface area contributed by atoms with Crippen LogP contribution in [0.15, 0.2) is 18.2 Å². The van der Waals surface area contributed by atoms with Crippen molar-refractivity contribution in [2.24, 2.45) is 0 Å². The molecule has 0 radical (unpaired) electrons. The first-order valence-corrected chi connectivity index (χ1v) is 4.68. The molecule has 14 heavy (non-hydrogen) atoms. The number of benzene rings is 1. The molecule has 0 atom stereocenters. The predicted octanol–water partition coefficient (Wildman–Crippen LogP) is 2.54. The molecule has 0 N–H and O–H groups in total. The molecule has 0 bridgehead atoms. The molecule has 3 heteroatoms. The van der Waals surface area contributed by atoms with E-state index < -0.39 is 5.82 Å². The second-order valence-corrected chi connectivity index (χ2v) is 2.92. The lowest BCUT2D eigenvalue weighted by Gasteiger charge is -2.22. The molecular weight excluding hydrogens is 179 g/mol. The van der Waals surface area contributed by atoms with Gasteiger partial charge in [0.15, 0.2) is 0 Å². The molecule has 0 fully saturated rings. The molecule has 0 aromatic heterocycles. The van der Waals surface area contributed by atoms with E-state index in [0.29, 0.717) is 5.69 Å². The lowest BCUT2D eigenvalue weighted by molar-refractivity contribution is 0.623. The van der Waals surface area contributed by atoms with Gasteiger partial charge in [-0.05, 0) is 26.0 Å². The maximum Gasteiger partial charge on any atom is 0.143 e. The van der Waals surface area contributed by atoms with Gasteiger partial charge in [0.05, 0.1) is 5.69 Å². The SMILES string of the molecule is CCN(CC)c1cccc(F)c1C#N. The summed E-state index contributed by atoms with van der Waals surface area (Å²) in [6.45, 7) is 5.51. The van der Waals surface area contributed by atoms with E-state index in [0.717, 1.165) is 13.1 Å². The van der Waals surface area contributed by atoms with Gasteiger partial charge in [-0.2, -0.15) is 5.26 Å². The zero-order valence-corrected chi connectivity index (χ0v) is 8.42. The maximum atomic E-state index is 13.2. The summed E-state index contributed by atoms with van der Waals surface area (Å²) in [4.78, 5) is 1.96. The van der Waals surface area contributed by atoms with Gasteiger partial charge in [-0.25, -0.2) is 4.39 Å². The van der Waals surface area contributed by atoms with Gasteiger partial charge in [0.1, 0.15) is 17.4 Å². The van der Waals surface area contributed by atoms with Crippen molar-refractivity contribution >= 4 is 5.69 Å². The zero-order chi connectivity index (χ0) is 10.6. The Morgan fingerprint density at radius 2 is 2.00 bits per heavy atom. The molecule has 0 aliphatic rings. The Morgan fingerprint density at radius 3 is 2.50 bits per heavy atom. The molecule has 0 spiro atoms. The van der Waals surface area contributed by atoms with Crippen LogP contribution in [-0.4, -0.2) is 13.1 Å². The molecule has 0 aliphatic heterocycles. The lowest BCUT2D eigenvalue weighted by Crippen LogP contribution is -2.23. The Labute approximate surface area is 83.6 Å². The monoisotopic (exact) mass is 192 g/mol. The maximum absolute atomic E-state index is 13.2. The van der Waals surface area contributed by atoms with Crippen molar-refractivity contribution in [3.05, 3.63) is 29.6 Å². The summed E-state index contributed by atoms with van der Waals surface area (Å²) in [6, 6.07) is 6.61. The minimum atomic E-state index is -0.447. The van der Waals surface area contributed by atoms with Crippen molar-refractivity contribution in [3.8, 4) is 6.07 Å². The van der Waals surface area contributed by atoms with Crippen LogP contribution in [0.25, 0.3) is 0 Å². The first-order valence-electron chi connectivity index (χ1n) is 4.68. The first kappa shape index (κ1) is 10.5. The van der Waals surface area contributed by atoms with Gasteiger partial charge in [0.25, 0.3) is 0 Å². The molecule has 0 saturated heterocycles. The van der Waals surface area contributed by atoms with Crippen molar-refractivity contribution in [2.45, 2.75) is 13.8 Å². The van der Waals surface area contributed by atoms with Gasteiger partial charge in [-0.3, -0.25) is 0 Å². The van der Waals surface area contributed by atoms with Gasteiger partial charge < -0.3 is 4.90 Å². The van der Waals surface area contributed by atoms with Crippen LogP contribution < -0.4 is 4.90 Å². The quantitative estimate of drug-likeness (QED) is 0.735. The molecule has 1 aromatic carbocycles. The van der Waals surface area contributed by atoms with Gasteiger partial charge in [-0.15, -0.1) is 0 Å². The molecule has 74 valence electrons. The topological polar surface area (TPSA) is 27.0 Å². The molecular formula is C11H13FN2. The summed E-state index contributed by atoms with van der Waals surface area (Å²) >= 11 is 0. The number of hydrogen-bond acceptors (Lipinski definition) is 2. The number of nitriles is 1. The normalized spacial score (nSPS) is 9.57. The Kier molecular flexibility index (Phi) is 3.47. The lowest BCUT2D eigenvalue weighted by atomic mass is 10.1. The number of nitrogens with zero attached hydrogens (tertiary/aromatic N) is 2. The Morgan fingerprint density at radius 1 is 1.36 bits per heavy atom. The first-order chi connectivity index (χ1) is 6.74. The highest BCUT2D eigenvalue weighted by molar-refractivity contribution is 5.59. The fourth-order valence-corrected chi connectivity index (χ4v) is 1.45. The van der Waals surface area contributed by atoms with Crippen LogP contribution in [0.5, 0.6) is 0 Å². The summed E-state index contributed by atoms with van der Waals surface area (Å²) in [5, 5.41) is 8.82. The van der Waals surface area contributed by atoms with E-state index >= 15 is 0 Å². The Hall–Kier alpha value is -1.56. The van der Waals surface area contributed by atoms with Gasteiger partial charge in [0, 0.05) is 13.1 Å². The highest BCUT2D eigenvalue weighted by atomic mass is 19.1. The zero-order valence-electron chi connectivity index (χ0n) is 8.42. The van der Waals surface area contributed by atoms with E-state index in [2.05, 4.69) is 0 Å². The van der Waals surface area contributed by atoms with Crippen LogP contribution in [0, 0.1) is 17.1 Å². The molecule has 0 aliphatic carbocycles. The van der Waals surface area contributed by atoms with E-state index in [1.807, 2.05) is 24.8 Å². The van der Waals surface area contributed by atoms with Gasteiger partial charge in [-0.1, -0.05) is 6.07 Å². The van der Waals surface area contributed by atoms with Gasteiger partial charge in [0.2, 0.25) is 0 Å². The number of hydrogen-bond donors (Lipinski definition) is 0. The summed E-state index contributed by atoms with van der Waals surface area (Å²) in [5.41, 5.74) is 0.814. The van der Waals surface area contributed by atoms with Gasteiger partial charge >= 0.3 is 0 Å². The molecule has 0 amide bonds. The highest BCUT2D eigenvalue weighted by Gasteiger charge is 2.11. The van der Waals surface area contributed by atoms with Crippen LogP contribution in [0.2, 0.25) is 0 Å². The predicted molar refractivity (Wildman–Crippen MR) is 54.7 cm³/mol. The fraction of sp³-hybridized carbons (Fsp3) is 0.364. The average Bonchev–Trinajstić information content (AvgIpc) is 2.20. The van der Waals surface area contributed by atoms with Crippen molar-refractivity contribution in [2.75, 3.05) is 18.0 Å². The summed E-state index contributed by atoms with van der Waals surface area (Å²) in [5.74, 6) is -0.447. The fourth-order valence-electron chi connectivity index (χ4n) is 1.45. The van der Waals surface area contributed by atoms with E-state index in [4.69, 9.17) is 5.26 Å². The van der Waals surface area contributed by atoms with Crippen molar-refractivity contribution in [1.82, 2.24) is 0 Å². The third kappa shape index (κ3) is 1.85. The van der Waals surface area contributed by atoms with E-state index in [1.165, 1.54) is 6.07 Å². The van der Waals surface area contributed by atoms with Crippen LogP contribution in [-0.2, 0) is 0 Å². The molecule has 0 unspecified atom stereocenters. The van der Waals surface area contributed by atoms with Crippen LogP contribution >= 0.6 is 0 Å². The molecule has 1 aromatic rings. The third-order valence-electron chi connectivity index (χ3n) is 2.21. The summed E-state index contributed by atoms with van der Waals surface area (Å²) in [6.07, 6.45) is 0. The van der Waals surface area contributed by atoms with Crippen LogP contribution in [0.3, 0.4) is 0 Å². The smallest absolute Gasteiger partial charge is 0.143 e. The van der Waals surface area contributed by atoms with E-state index in [9.17, 15) is 4.39 Å². The van der Waals surface area contributed by atoms with E-state index in [1.54, 1.807) is 12.1 Å². The second-order valence-electron chi connectivity index (χ2n) is 2.92. The minimum Gasteiger partial charge on any atom is -0.371 e. The highest BCUT2D eigenvalue weighted by Crippen LogP contribution is 2.21. The standard InChI is InChI=1S/C11H13FN2/c1-3-14(4-2)11-7-5-6-10(12)9(11)8-13/h5-7H,3-4H2,1-2H3. The molecule has 1 rings (SSSR count). The Balaban J connectivity index is 3.20. The Bertz CT molecular complexity index is 351. The van der Waals surface area contributed by atoms with Crippen LogP contribution in [0.1, 0.15) is 19.4 Å². The number of halogens is 1. The second kappa shape index (κ2) is 4.61. The average molecular weight is 192 g/mol. The summed E-state index contributed by atoms with van der Waals surface area (Å²) < 4.78 is 13.2. The summed E-state index contributed by atoms with van der Waals surface area (Å²) in [7, 11) is 0. The van der Waals surface area contributed by atoms with Crippen molar-refractivity contribution < 1.29 is 4.39 Å². The van der Waals surface area contributed by atoms with E-state index in [-0.39, 0.29) is 5.56 Å². The molecule has 2 nitrogen and oxygen atoms in total. The van der Waals surface area contributed by atoms with Crippen LogP contribution in [0.4, 0.5) is 10.1 Å². The van der Waals surface area contributed by atoms with Crippen molar-refractivity contribution in [1.29, 1.82) is 5.26 Å². The minimum absolute atomic E-state index is 0.135.